The number of nitrogens with zero attached hydrogens (tertiary/aromatic N) is 4. The molecule has 2 aliphatic heterocycles. The van der Waals surface area contributed by atoms with Crippen molar-refractivity contribution in [3.8, 4) is 0 Å². The topological polar surface area (TPSA) is 31.3 Å². The van der Waals surface area contributed by atoms with E-state index < -0.39 is 0 Å². The van der Waals surface area contributed by atoms with Gasteiger partial charge in [0.15, 0.2) is 0 Å². The molecule has 0 atom stereocenters. The molecule has 2 saturated heterocycles. The minimum atomic E-state index is 0.273. The van der Waals surface area contributed by atoms with Crippen LogP contribution in [0.3, 0.4) is 0 Å². The Bertz CT molecular complexity index is 1250. The normalized spacial score (nSPS) is 20.1. The molecule has 0 unspecified atom stereocenters. The Balaban J connectivity index is 1.18. The van der Waals surface area contributed by atoms with Crippen molar-refractivity contribution in [3.63, 3.8) is 0 Å². The lowest BCUT2D eigenvalue weighted by atomic mass is 9.96. The van der Waals surface area contributed by atoms with Crippen molar-refractivity contribution >= 4 is 12.3 Å². The van der Waals surface area contributed by atoms with E-state index in [9.17, 15) is 0 Å². The zero-order chi connectivity index (χ0) is 26.3. The highest BCUT2D eigenvalue weighted by Crippen LogP contribution is 2.35. The molecule has 0 spiro atoms. The molecule has 1 aliphatic carbocycles. The molecule has 3 aromatic carbocycles. The first-order valence-electron chi connectivity index (χ1n) is 14.3. The van der Waals surface area contributed by atoms with Crippen molar-refractivity contribution < 1.29 is 4.74 Å². The highest BCUT2D eigenvalue weighted by molar-refractivity contribution is 5.83. The highest BCUT2D eigenvalue weighted by atomic mass is 16.5. The zero-order valence-electron chi connectivity index (χ0n) is 22.7. The van der Waals surface area contributed by atoms with Gasteiger partial charge in [0.05, 0.1) is 25.5 Å². The van der Waals surface area contributed by atoms with Crippen LogP contribution >= 0.6 is 0 Å². The number of benzene rings is 3. The quantitative estimate of drug-likeness (QED) is 0.368. The molecule has 0 bridgehead atoms. The number of rotatable bonds is 7. The standard InChI is InChI=1S/C34H38N4O/c1-4-10-28(11-5-1)26-31-16-17-32(34(31)37-22-24-39-25-23-37)27-35-38-20-18-36(19-21-38)33(29-12-6-2-7-13-29)30-14-8-3-9-15-30/h1-15,26-27,33H,16-25H2/b31-26-,35-27?. The molecule has 0 N–H and O–H groups in total. The third-order valence-electron chi connectivity index (χ3n) is 8.00. The summed E-state index contributed by atoms with van der Waals surface area (Å²) >= 11 is 0. The Morgan fingerprint density at radius 3 is 1.87 bits per heavy atom. The maximum Gasteiger partial charge on any atom is 0.0642 e. The van der Waals surface area contributed by atoms with Crippen molar-refractivity contribution in [3.05, 3.63) is 125 Å². The number of hydrogen-bond donors (Lipinski definition) is 0. The first-order valence-corrected chi connectivity index (χ1v) is 14.3. The summed E-state index contributed by atoms with van der Waals surface area (Å²) in [6, 6.07) is 32.7. The van der Waals surface area contributed by atoms with E-state index in [1.165, 1.54) is 33.5 Å². The van der Waals surface area contributed by atoms with Gasteiger partial charge in [0.25, 0.3) is 0 Å². The first-order chi connectivity index (χ1) is 19.3. The average Bonchev–Trinajstić information content (AvgIpc) is 3.41. The van der Waals surface area contributed by atoms with E-state index in [4.69, 9.17) is 9.84 Å². The van der Waals surface area contributed by atoms with Gasteiger partial charge in [-0.3, -0.25) is 9.91 Å². The molecule has 2 fully saturated rings. The van der Waals surface area contributed by atoms with Crippen LogP contribution in [0.5, 0.6) is 0 Å². The molecule has 0 aromatic heterocycles. The molecule has 2 heterocycles. The van der Waals surface area contributed by atoms with Gasteiger partial charge in [-0.05, 0) is 46.8 Å². The van der Waals surface area contributed by atoms with Gasteiger partial charge >= 0.3 is 0 Å². The average molecular weight is 519 g/mol. The van der Waals surface area contributed by atoms with Crippen LogP contribution in [0.4, 0.5) is 0 Å². The fourth-order valence-electron chi connectivity index (χ4n) is 6.04. The van der Waals surface area contributed by atoms with Crippen molar-refractivity contribution in [1.29, 1.82) is 0 Å². The summed E-state index contributed by atoms with van der Waals surface area (Å²) < 4.78 is 5.67. The maximum atomic E-state index is 5.67. The van der Waals surface area contributed by atoms with E-state index in [0.717, 1.165) is 65.3 Å². The molecule has 39 heavy (non-hydrogen) atoms. The molecule has 5 nitrogen and oxygen atoms in total. The summed E-state index contributed by atoms with van der Waals surface area (Å²) in [5.74, 6) is 0. The van der Waals surface area contributed by atoms with Gasteiger partial charge in [0.2, 0.25) is 0 Å². The second-order valence-electron chi connectivity index (χ2n) is 10.5. The molecule has 3 aromatic rings. The Hall–Kier alpha value is -3.67. The Kier molecular flexibility index (Phi) is 8.18. The van der Waals surface area contributed by atoms with Crippen LogP contribution < -0.4 is 0 Å². The van der Waals surface area contributed by atoms with Crippen molar-refractivity contribution in [1.82, 2.24) is 14.8 Å². The Morgan fingerprint density at radius 2 is 1.26 bits per heavy atom. The summed E-state index contributed by atoms with van der Waals surface area (Å²) in [6.45, 7) is 7.30. The number of morpholine rings is 1. The number of hydrogen-bond acceptors (Lipinski definition) is 5. The molecule has 0 saturated carbocycles. The van der Waals surface area contributed by atoms with Crippen LogP contribution in [0.15, 0.2) is 113 Å². The lowest BCUT2D eigenvalue weighted by molar-refractivity contribution is 0.0548. The number of allylic oxidation sites excluding steroid dienone is 2. The number of piperazine rings is 1. The molecule has 0 radical (unpaired) electrons. The van der Waals surface area contributed by atoms with Gasteiger partial charge in [-0.15, -0.1) is 0 Å². The van der Waals surface area contributed by atoms with Crippen LogP contribution in [0, 0.1) is 0 Å². The van der Waals surface area contributed by atoms with Crippen molar-refractivity contribution in [2.75, 3.05) is 52.5 Å². The minimum Gasteiger partial charge on any atom is -0.378 e. The SMILES string of the molecule is C(=NN1CCN(C(c2ccccc2)c2ccccc2)CC1)C1=C(N2CCOCC2)/C(=C\c2ccccc2)CC1. The predicted molar refractivity (Wildman–Crippen MR) is 159 cm³/mol. The van der Waals surface area contributed by atoms with Crippen molar-refractivity contribution in [2.45, 2.75) is 18.9 Å². The Morgan fingerprint density at radius 1 is 0.667 bits per heavy atom. The van der Waals surface area contributed by atoms with Gasteiger partial charge in [-0.2, -0.15) is 5.10 Å². The third kappa shape index (κ3) is 6.16. The minimum absolute atomic E-state index is 0.273. The van der Waals surface area contributed by atoms with Gasteiger partial charge in [-0.25, -0.2) is 0 Å². The lowest BCUT2D eigenvalue weighted by Crippen LogP contribution is -2.46. The monoisotopic (exact) mass is 518 g/mol. The lowest BCUT2D eigenvalue weighted by Gasteiger charge is -2.38. The van der Waals surface area contributed by atoms with E-state index in [1.807, 2.05) is 0 Å². The van der Waals surface area contributed by atoms with Crippen molar-refractivity contribution in [2.24, 2.45) is 5.10 Å². The molecular formula is C34H38N4O. The summed E-state index contributed by atoms with van der Waals surface area (Å²) in [5.41, 5.74) is 8.11. The maximum absolute atomic E-state index is 5.67. The summed E-state index contributed by atoms with van der Waals surface area (Å²) in [4.78, 5) is 5.11. The van der Waals surface area contributed by atoms with Crippen LogP contribution in [-0.4, -0.2) is 73.5 Å². The molecule has 0 amide bonds. The largest absolute Gasteiger partial charge is 0.378 e. The van der Waals surface area contributed by atoms with Crippen LogP contribution in [0.1, 0.15) is 35.6 Å². The van der Waals surface area contributed by atoms with E-state index in [1.54, 1.807) is 0 Å². The first kappa shape index (κ1) is 25.6. The van der Waals surface area contributed by atoms with E-state index >= 15 is 0 Å². The van der Waals surface area contributed by atoms with Gasteiger partial charge in [0.1, 0.15) is 0 Å². The van der Waals surface area contributed by atoms with E-state index in [0.29, 0.717) is 0 Å². The summed E-state index contributed by atoms with van der Waals surface area (Å²) in [7, 11) is 0. The third-order valence-corrected chi connectivity index (χ3v) is 8.00. The second-order valence-corrected chi connectivity index (χ2v) is 10.5. The van der Waals surface area contributed by atoms with Gasteiger partial charge in [-0.1, -0.05) is 91.0 Å². The van der Waals surface area contributed by atoms with Gasteiger partial charge < -0.3 is 9.64 Å². The smallest absolute Gasteiger partial charge is 0.0642 e. The van der Waals surface area contributed by atoms with Crippen LogP contribution in [0.25, 0.3) is 6.08 Å². The van der Waals surface area contributed by atoms with E-state index in [-0.39, 0.29) is 6.04 Å². The fourth-order valence-corrected chi connectivity index (χ4v) is 6.04. The molecule has 3 aliphatic rings. The van der Waals surface area contributed by atoms with Crippen LogP contribution in [-0.2, 0) is 4.74 Å². The summed E-state index contributed by atoms with van der Waals surface area (Å²) in [6.07, 6.45) is 6.61. The number of hydrazone groups is 1. The highest BCUT2D eigenvalue weighted by Gasteiger charge is 2.27. The Labute approximate surface area is 232 Å². The second kappa shape index (κ2) is 12.5. The fraction of sp³-hybridized carbons (Fsp3) is 0.324. The zero-order valence-corrected chi connectivity index (χ0v) is 22.7. The molecule has 200 valence electrons. The molecular weight excluding hydrogens is 480 g/mol. The molecule has 5 heteroatoms. The van der Waals surface area contributed by atoms with Crippen LogP contribution in [0.2, 0.25) is 0 Å². The van der Waals surface area contributed by atoms with Gasteiger partial charge in [0, 0.05) is 45.0 Å². The summed E-state index contributed by atoms with van der Waals surface area (Å²) in [5, 5.41) is 7.29. The molecule has 6 rings (SSSR count). The number of ether oxygens (including phenoxy) is 1. The van der Waals surface area contributed by atoms with E-state index in [2.05, 4.69) is 118 Å². The predicted octanol–water partition coefficient (Wildman–Crippen LogP) is 5.84.